The minimum atomic E-state index is -0.488. The van der Waals surface area contributed by atoms with Gasteiger partial charge < -0.3 is 10.8 Å². The van der Waals surface area contributed by atoms with E-state index in [9.17, 15) is 4.79 Å². The van der Waals surface area contributed by atoms with Crippen LogP contribution in [0.15, 0.2) is 18.3 Å². The number of amides is 1. The summed E-state index contributed by atoms with van der Waals surface area (Å²) in [6.45, 7) is 0. The van der Waals surface area contributed by atoms with Crippen molar-refractivity contribution in [3.63, 3.8) is 0 Å². The quantitative estimate of drug-likeness (QED) is 0.361. The molecule has 0 unspecified atom stereocenters. The van der Waals surface area contributed by atoms with Crippen molar-refractivity contribution in [3.05, 3.63) is 24.0 Å². The molecule has 1 amide bonds. The van der Waals surface area contributed by atoms with Crippen LogP contribution in [0.3, 0.4) is 0 Å². The number of aromatic hydroxyl groups is 1. The summed E-state index contributed by atoms with van der Waals surface area (Å²) in [5, 5.41) is 8.86. The lowest BCUT2D eigenvalue weighted by Crippen LogP contribution is -2.44. The Morgan fingerprint density at radius 2 is 2.21 bits per heavy atom. The number of hydrazine groups is 1. The first-order valence-electron chi connectivity index (χ1n) is 3.60. The highest BCUT2D eigenvalue weighted by Gasteiger charge is 2.05. The molecule has 0 aromatic carbocycles. The Hall–Kier alpha value is -1.89. The van der Waals surface area contributed by atoms with E-state index in [1.807, 2.05) is 0 Å². The number of pyridine rings is 1. The normalized spacial score (nSPS) is 9.14. The molecule has 74 valence electrons. The minimum absolute atomic E-state index is 0.0103. The molecule has 0 aliphatic carbocycles. The van der Waals surface area contributed by atoms with Crippen LogP contribution in [0.25, 0.3) is 0 Å². The fraction of sp³-hybridized carbons (Fsp3) is 0. The molecule has 0 radical (unpaired) electrons. The first kappa shape index (κ1) is 10.2. The van der Waals surface area contributed by atoms with Crippen molar-refractivity contribution in [1.82, 2.24) is 15.8 Å². The third-order valence-electron chi connectivity index (χ3n) is 1.28. The fourth-order valence-corrected chi connectivity index (χ4v) is 0.754. The Bertz CT molecular complexity index is 351. The zero-order chi connectivity index (χ0) is 10.6. The van der Waals surface area contributed by atoms with Crippen molar-refractivity contribution in [3.8, 4) is 5.75 Å². The monoisotopic (exact) mass is 212 g/mol. The molecular formula is C7H8N4O2S. The number of thiocarbonyl (C=S) groups is 1. The number of nitrogens with one attached hydrogen (secondary N) is 2. The van der Waals surface area contributed by atoms with Gasteiger partial charge in [0.05, 0.1) is 6.20 Å². The van der Waals surface area contributed by atoms with Gasteiger partial charge >= 0.3 is 0 Å². The summed E-state index contributed by atoms with van der Waals surface area (Å²) in [5.41, 5.74) is 9.72. The lowest BCUT2D eigenvalue weighted by molar-refractivity contribution is 0.0939. The van der Waals surface area contributed by atoms with Crippen molar-refractivity contribution < 1.29 is 9.90 Å². The van der Waals surface area contributed by atoms with Gasteiger partial charge in [0.1, 0.15) is 11.4 Å². The van der Waals surface area contributed by atoms with E-state index in [0.717, 1.165) is 6.20 Å². The van der Waals surface area contributed by atoms with Crippen molar-refractivity contribution in [2.24, 2.45) is 5.73 Å². The van der Waals surface area contributed by atoms with Crippen molar-refractivity contribution in [2.75, 3.05) is 0 Å². The predicted molar refractivity (Wildman–Crippen MR) is 53.3 cm³/mol. The van der Waals surface area contributed by atoms with Crippen LogP contribution in [-0.4, -0.2) is 21.1 Å². The summed E-state index contributed by atoms with van der Waals surface area (Å²) in [6.07, 6.45) is 1.16. The molecule has 14 heavy (non-hydrogen) atoms. The maximum atomic E-state index is 11.2. The number of aromatic nitrogens is 1. The van der Waals surface area contributed by atoms with E-state index in [1.54, 1.807) is 0 Å². The zero-order valence-corrected chi connectivity index (χ0v) is 7.84. The van der Waals surface area contributed by atoms with E-state index in [1.165, 1.54) is 12.1 Å². The SMILES string of the molecule is NC(=S)NNC(=O)c1ccc(O)cn1. The summed E-state index contributed by atoms with van der Waals surface area (Å²) in [5.74, 6) is -0.498. The van der Waals surface area contributed by atoms with Gasteiger partial charge in [-0.25, -0.2) is 4.98 Å². The molecule has 5 N–H and O–H groups in total. The van der Waals surface area contributed by atoms with Crippen molar-refractivity contribution >= 4 is 23.2 Å². The average Bonchev–Trinajstić information content (AvgIpc) is 2.15. The smallest absolute Gasteiger partial charge is 0.288 e. The molecule has 0 spiro atoms. The summed E-state index contributed by atoms with van der Waals surface area (Å²) in [7, 11) is 0. The summed E-state index contributed by atoms with van der Waals surface area (Å²) < 4.78 is 0. The Labute approximate surface area is 85.1 Å². The second kappa shape index (κ2) is 4.38. The van der Waals surface area contributed by atoms with Gasteiger partial charge in [-0.1, -0.05) is 0 Å². The Balaban J connectivity index is 2.61. The third kappa shape index (κ3) is 2.87. The number of nitrogens with two attached hydrogens (primary N) is 1. The fourth-order valence-electron chi connectivity index (χ4n) is 0.703. The number of rotatable bonds is 1. The van der Waals surface area contributed by atoms with E-state index in [2.05, 4.69) is 28.1 Å². The highest BCUT2D eigenvalue weighted by molar-refractivity contribution is 7.80. The lowest BCUT2D eigenvalue weighted by Gasteiger charge is -2.04. The van der Waals surface area contributed by atoms with Gasteiger partial charge in [0, 0.05) is 0 Å². The largest absolute Gasteiger partial charge is 0.506 e. The average molecular weight is 212 g/mol. The van der Waals surface area contributed by atoms with Gasteiger partial charge in [-0.2, -0.15) is 0 Å². The first-order chi connectivity index (χ1) is 6.59. The molecule has 0 atom stereocenters. The maximum Gasteiger partial charge on any atom is 0.288 e. The Morgan fingerprint density at radius 3 is 2.71 bits per heavy atom. The highest BCUT2D eigenvalue weighted by Crippen LogP contribution is 2.05. The minimum Gasteiger partial charge on any atom is -0.506 e. The van der Waals surface area contributed by atoms with E-state index in [0.29, 0.717) is 0 Å². The van der Waals surface area contributed by atoms with Gasteiger partial charge in [-0.3, -0.25) is 15.6 Å². The number of hydrogen-bond acceptors (Lipinski definition) is 4. The summed E-state index contributed by atoms with van der Waals surface area (Å²) >= 11 is 4.48. The van der Waals surface area contributed by atoms with Crippen molar-refractivity contribution in [1.29, 1.82) is 0 Å². The van der Waals surface area contributed by atoms with E-state index >= 15 is 0 Å². The second-order valence-corrected chi connectivity index (χ2v) is 2.78. The van der Waals surface area contributed by atoms with Crippen molar-refractivity contribution in [2.45, 2.75) is 0 Å². The van der Waals surface area contributed by atoms with Crippen LogP contribution in [0.2, 0.25) is 0 Å². The van der Waals surface area contributed by atoms with E-state index in [-0.39, 0.29) is 16.6 Å². The summed E-state index contributed by atoms with van der Waals surface area (Å²) in [6, 6.07) is 2.72. The van der Waals surface area contributed by atoms with Gasteiger partial charge in [0.15, 0.2) is 5.11 Å². The van der Waals surface area contributed by atoms with Crippen LogP contribution in [0.4, 0.5) is 0 Å². The van der Waals surface area contributed by atoms with Gasteiger partial charge in [-0.05, 0) is 24.4 Å². The van der Waals surface area contributed by atoms with Crippen LogP contribution in [-0.2, 0) is 0 Å². The molecule has 6 nitrogen and oxygen atoms in total. The summed E-state index contributed by atoms with van der Waals surface area (Å²) in [4.78, 5) is 14.9. The van der Waals surface area contributed by atoms with Gasteiger partial charge in [0.25, 0.3) is 5.91 Å². The second-order valence-electron chi connectivity index (χ2n) is 2.35. The maximum absolute atomic E-state index is 11.2. The van der Waals surface area contributed by atoms with E-state index < -0.39 is 5.91 Å². The number of nitrogens with zero attached hydrogens (tertiary/aromatic N) is 1. The molecule has 7 heteroatoms. The van der Waals surface area contributed by atoms with Crippen LogP contribution < -0.4 is 16.6 Å². The van der Waals surface area contributed by atoms with E-state index in [4.69, 9.17) is 10.8 Å². The standard InChI is InChI=1S/C7H8N4O2S/c8-7(14)11-10-6(13)5-2-1-4(12)3-9-5/h1-3,12H,(H,10,13)(H3,8,11,14). The third-order valence-corrected chi connectivity index (χ3v) is 1.38. The Morgan fingerprint density at radius 1 is 1.50 bits per heavy atom. The predicted octanol–water partition coefficient (Wildman–Crippen LogP) is -0.735. The van der Waals surface area contributed by atoms with Crippen LogP contribution in [0, 0.1) is 0 Å². The molecule has 1 heterocycles. The molecule has 1 aromatic heterocycles. The first-order valence-corrected chi connectivity index (χ1v) is 4.01. The highest BCUT2D eigenvalue weighted by atomic mass is 32.1. The lowest BCUT2D eigenvalue weighted by atomic mass is 10.3. The van der Waals surface area contributed by atoms with Gasteiger partial charge in [0.2, 0.25) is 0 Å². The molecular weight excluding hydrogens is 204 g/mol. The molecule has 0 aliphatic heterocycles. The number of hydrogen-bond donors (Lipinski definition) is 4. The molecule has 0 saturated heterocycles. The van der Waals surface area contributed by atoms with Crippen LogP contribution in [0.5, 0.6) is 5.75 Å². The molecule has 0 bridgehead atoms. The molecule has 0 saturated carbocycles. The topological polar surface area (TPSA) is 100 Å². The molecule has 0 aliphatic rings. The zero-order valence-electron chi connectivity index (χ0n) is 7.02. The van der Waals surface area contributed by atoms with Crippen LogP contribution >= 0.6 is 12.2 Å². The molecule has 1 aromatic rings. The Kier molecular flexibility index (Phi) is 3.19. The molecule has 0 fully saturated rings. The molecule has 1 rings (SSSR count). The number of carbonyl (C=O) groups excluding carboxylic acids is 1. The van der Waals surface area contributed by atoms with Gasteiger partial charge in [-0.15, -0.1) is 0 Å². The van der Waals surface area contributed by atoms with Crippen LogP contribution in [0.1, 0.15) is 10.5 Å². The number of carbonyl (C=O) groups is 1.